The molecule has 130 valence electrons. The molecule has 1 aliphatic rings. The summed E-state index contributed by atoms with van der Waals surface area (Å²) >= 11 is 5.95. The van der Waals surface area contributed by atoms with E-state index in [4.69, 9.17) is 11.6 Å². The van der Waals surface area contributed by atoms with Crippen LogP contribution in [0.2, 0.25) is 5.02 Å². The van der Waals surface area contributed by atoms with Crippen LogP contribution in [0.5, 0.6) is 0 Å². The third-order valence-electron chi connectivity index (χ3n) is 5.30. The summed E-state index contributed by atoms with van der Waals surface area (Å²) in [6.45, 7) is 2.29. The Morgan fingerprint density at radius 1 is 0.880 bits per heavy atom. The highest BCUT2D eigenvalue weighted by Crippen LogP contribution is 2.31. The molecule has 25 heavy (non-hydrogen) atoms. The molecule has 0 atom stereocenters. The van der Waals surface area contributed by atoms with Gasteiger partial charge >= 0.3 is 0 Å². The quantitative estimate of drug-likeness (QED) is 0.505. The molecule has 0 aliphatic heterocycles. The van der Waals surface area contributed by atoms with E-state index in [1.165, 1.54) is 56.1 Å². The zero-order chi connectivity index (χ0) is 17.5. The van der Waals surface area contributed by atoms with Crippen LogP contribution in [0.1, 0.15) is 57.4 Å². The van der Waals surface area contributed by atoms with Gasteiger partial charge < -0.3 is 0 Å². The lowest BCUT2D eigenvalue weighted by molar-refractivity contribution is 0.296. The predicted octanol–water partition coefficient (Wildman–Crippen LogP) is 7.36. The summed E-state index contributed by atoms with van der Waals surface area (Å²) < 4.78 is 0. The lowest BCUT2D eigenvalue weighted by Gasteiger charge is -2.25. The Kier molecular flexibility index (Phi) is 6.60. The first-order chi connectivity index (χ1) is 12.2. The van der Waals surface area contributed by atoms with Gasteiger partial charge in [0.2, 0.25) is 0 Å². The molecule has 1 fully saturated rings. The van der Waals surface area contributed by atoms with Crippen LogP contribution < -0.4 is 0 Å². The smallest absolute Gasteiger partial charge is 0.0406 e. The normalized spacial score (nSPS) is 19.9. The second-order valence-electron chi connectivity index (χ2n) is 7.21. The molecule has 0 saturated heterocycles. The average Bonchev–Trinajstić information content (AvgIpc) is 2.67. The van der Waals surface area contributed by atoms with E-state index in [2.05, 4.69) is 55.2 Å². The third-order valence-corrected chi connectivity index (χ3v) is 5.55. The summed E-state index contributed by atoms with van der Waals surface area (Å²) in [6.07, 6.45) is 9.44. The fraction of sp³-hybridized carbons (Fsp3) is 0.417. The highest BCUT2D eigenvalue weighted by atomic mass is 35.5. The summed E-state index contributed by atoms with van der Waals surface area (Å²) in [4.78, 5) is 0. The Morgan fingerprint density at radius 3 is 2.08 bits per heavy atom. The fourth-order valence-electron chi connectivity index (χ4n) is 3.66. The standard InChI is InChI=1S/C24H27Cl/c1-2-3-4-19-5-7-20(8-6-19)9-10-21-11-13-22(14-12-21)23-15-17-24(25)18-16-23/h11-20H,2-8H2,1H3. The van der Waals surface area contributed by atoms with Gasteiger partial charge in [-0.05, 0) is 67.0 Å². The van der Waals surface area contributed by atoms with Gasteiger partial charge in [0.05, 0.1) is 0 Å². The van der Waals surface area contributed by atoms with Gasteiger partial charge in [-0.2, -0.15) is 0 Å². The number of benzene rings is 2. The monoisotopic (exact) mass is 350 g/mol. The van der Waals surface area contributed by atoms with Crippen LogP contribution in [-0.2, 0) is 0 Å². The van der Waals surface area contributed by atoms with Crippen LogP contribution in [-0.4, -0.2) is 0 Å². The van der Waals surface area contributed by atoms with Crippen LogP contribution >= 0.6 is 11.6 Å². The Balaban J connectivity index is 1.56. The van der Waals surface area contributed by atoms with Gasteiger partial charge in [0, 0.05) is 16.5 Å². The Morgan fingerprint density at radius 2 is 1.48 bits per heavy atom. The van der Waals surface area contributed by atoms with Gasteiger partial charge in [0.15, 0.2) is 0 Å². The number of hydrogen-bond acceptors (Lipinski definition) is 0. The van der Waals surface area contributed by atoms with E-state index >= 15 is 0 Å². The van der Waals surface area contributed by atoms with Gasteiger partial charge in [-0.3, -0.25) is 0 Å². The molecule has 1 saturated carbocycles. The van der Waals surface area contributed by atoms with E-state index in [0.29, 0.717) is 5.92 Å². The summed E-state index contributed by atoms with van der Waals surface area (Å²) in [5.41, 5.74) is 3.51. The maximum absolute atomic E-state index is 5.95. The first-order valence-corrected chi connectivity index (χ1v) is 10.00. The van der Waals surface area contributed by atoms with Crippen molar-refractivity contribution >= 4 is 11.6 Å². The van der Waals surface area contributed by atoms with Crippen molar-refractivity contribution in [3.63, 3.8) is 0 Å². The lowest BCUT2D eigenvalue weighted by Crippen LogP contribution is -2.13. The van der Waals surface area contributed by atoms with Crippen molar-refractivity contribution in [1.82, 2.24) is 0 Å². The van der Waals surface area contributed by atoms with Crippen molar-refractivity contribution < 1.29 is 0 Å². The molecule has 0 nitrogen and oxygen atoms in total. The summed E-state index contributed by atoms with van der Waals surface area (Å²) in [5.74, 6) is 8.45. The van der Waals surface area contributed by atoms with Crippen molar-refractivity contribution in [3.05, 3.63) is 59.1 Å². The second kappa shape index (κ2) is 9.12. The van der Waals surface area contributed by atoms with Gasteiger partial charge in [0.1, 0.15) is 0 Å². The molecule has 1 aliphatic carbocycles. The highest BCUT2D eigenvalue weighted by molar-refractivity contribution is 6.30. The summed E-state index contributed by atoms with van der Waals surface area (Å²) in [5, 5.41) is 0.774. The zero-order valence-electron chi connectivity index (χ0n) is 15.1. The molecule has 2 aromatic carbocycles. The third kappa shape index (κ3) is 5.38. The molecule has 0 bridgehead atoms. The van der Waals surface area contributed by atoms with Gasteiger partial charge in [-0.25, -0.2) is 0 Å². The molecule has 1 heteroatoms. The Hall–Kier alpha value is -1.71. The van der Waals surface area contributed by atoms with Crippen LogP contribution in [0.4, 0.5) is 0 Å². The van der Waals surface area contributed by atoms with E-state index in [1.807, 2.05) is 12.1 Å². The summed E-state index contributed by atoms with van der Waals surface area (Å²) in [7, 11) is 0. The molecule has 2 aromatic rings. The molecule has 0 unspecified atom stereocenters. The second-order valence-corrected chi connectivity index (χ2v) is 7.65. The summed E-state index contributed by atoms with van der Waals surface area (Å²) in [6, 6.07) is 16.5. The van der Waals surface area contributed by atoms with Crippen LogP contribution in [0.15, 0.2) is 48.5 Å². The topological polar surface area (TPSA) is 0 Å². The molecule has 0 amide bonds. The zero-order valence-corrected chi connectivity index (χ0v) is 15.9. The van der Waals surface area contributed by atoms with E-state index in [-0.39, 0.29) is 0 Å². The van der Waals surface area contributed by atoms with Crippen LogP contribution in [0, 0.1) is 23.7 Å². The lowest BCUT2D eigenvalue weighted by atomic mass is 9.80. The first-order valence-electron chi connectivity index (χ1n) is 9.62. The SMILES string of the molecule is CCCCC1CCC(C#Cc2ccc(-c3ccc(Cl)cc3)cc2)CC1. The number of rotatable bonds is 4. The van der Waals surface area contributed by atoms with E-state index in [0.717, 1.165) is 16.5 Å². The highest BCUT2D eigenvalue weighted by Gasteiger charge is 2.19. The van der Waals surface area contributed by atoms with Gasteiger partial charge in [-0.15, -0.1) is 0 Å². The van der Waals surface area contributed by atoms with E-state index in [9.17, 15) is 0 Å². The average molecular weight is 351 g/mol. The number of hydrogen-bond donors (Lipinski definition) is 0. The maximum atomic E-state index is 5.95. The molecule has 0 heterocycles. The maximum Gasteiger partial charge on any atom is 0.0406 e. The first kappa shape index (κ1) is 18.1. The fourth-order valence-corrected chi connectivity index (χ4v) is 3.79. The Bertz CT molecular complexity index is 707. The predicted molar refractivity (Wildman–Crippen MR) is 109 cm³/mol. The van der Waals surface area contributed by atoms with Crippen molar-refractivity contribution in [2.24, 2.45) is 11.8 Å². The minimum absolute atomic E-state index is 0.591. The van der Waals surface area contributed by atoms with Crippen LogP contribution in [0.25, 0.3) is 11.1 Å². The molecule has 3 rings (SSSR count). The van der Waals surface area contributed by atoms with Crippen molar-refractivity contribution in [2.75, 3.05) is 0 Å². The molecule has 0 N–H and O–H groups in total. The minimum atomic E-state index is 0.591. The van der Waals surface area contributed by atoms with Crippen LogP contribution in [0.3, 0.4) is 0 Å². The molecular formula is C24H27Cl. The molecule has 0 spiro atoms. The van der Waals surface area contributed by atoms with E-state index < -0.39 is 0 Å². The van der Waals surface area contributed by atoms with Gasteiger partial charge in [-0.1, -0.05) is 73.9 Å². The van der Waals surface area contributed by atoms with Crippen molar-refractivity contribution in [1.29, 1.82) is 0 Å². The number of halogens is 1. The van der Waals surface area contributed by atoms with E-state index in [1.54, 1.807) is 0 Å². The Labute approximate surface area is 157 Å². The largest absolute Gasteiger partial charge is 0.0945 e. The number of unbranched alkanes of at least 4 members (excludes halogenated alkanes) is 1. The molecular weight excluding hydrogens is 324 g/mol. The van der Waals surface area contributed by atoms with Crippen molar-refractivity contribution in [3.8, 4) is 23.0 Å². The minimum Gasteiger partial charge on any atom is -0.0945 e. The molecule has 0 radical (unpaired) electrons. The van der Waals surface area contributed by atoms with Crippen molar-refractivity contribution in [2.45, 2.75) is 51.9 Å². The van der Waals surface area contributed by atoms with Gasteiger partial charge in [0.25, 0.3) is 0 Å². The molecule has 0 aromatic heterocycles.